The highest BCUT2D eigenvalue weighted by molar-refractivity contribution is 8.26. The highest BCUT2D eigenvalue weighted by atomic mass is 32.2. The number of rotatable bonds is 3. The van der Waals surface area contributed by atoms with E-state index in [1.54, 1.807) is 20.4 Å². The van der Waals surface area contributed by atoms with Crippen LogP contribution in [0.4, 0.5) is 0 Å². The molecular formula is C18H15N5O2S3. The van der Waals surface area contributed by atoms with E-state index in [0.29, 0.717) is 26.1 Å². The van der Waals surface area contributed by atoms with Crippen molar-refractivity contribution < 1.29 is 4.79 Å². The number of nitrogens with one attached hydrogen (secondary N) is 1. The Bertz CT molecular complexity index is 1280. The molecule has 0 unspecified atom stereocenters. The second-order valence-corrected chi connectivity index (χ2v) is 8.45. The number of fused-ring (bicyclic) bond motifs is 1. The van der Waals surface area contributed by atoms with Gasteiger partial charge in [-0.2, -0.15) is 0 Å². The molecule has 1 aliphatic heterocycles. The van der Waals surface area contributed by atoms with Gasteiger partial charge in [0.15, 0.2) is 5.65 Å². The Morgan fingerprint density at radius 1 is 1.14 bits per heavy atom. The lowest BCUT2D eigenvalue weighted by Gasteiger charge is -2.08. The number of imidazole rings is 1. The van der Waals surface area contributed by atoms with Crippen LogP contribution in [0.1, 0.15) is 11.1 Å². The van der Waals surface area contributed by atoms with Gasteiger partial charge in [-0.25, -0.2) is 9.78 Å². The zero-order chi connectivity index (χ0) is 20.0. The molecule has 1 aliphatic rings. The van der Waals surface area contributed by atoms with Crippen LogP contribution in [0.5, 0.6) is 0 Å². The van der Waals surface area contributed by atoms with Crippen molar-refractivity contribution in [3.05, 3.63) is 61.7 Å². The molecule has 0 spiro atoms. The Hall–Kier alpha value is -2.56. The molecule has 142 valence electrons. The summed E-state index contributed by atoms with van der Waals surface area (Å²) in [6, 6.07) is 7.86. The number of thioether (sulfide) groups is 1. The lowest BCUT2D eigenvalue weighted by Crippen LogP contribution is -2.28. The summed E-state index contributed by atoms with van der Waals surface area (Å²) in [5.41, 5.74) is 3.08. The zero-order valence-corrected chi connectivity index (χ0v) is 17.5. The third kappa shape index (κ3) is 3.23. The molecule has 1 N–H and O–H groups in total. The minimum atomic E-state index is -0.201. The van der Waals surface area contributed by atoms with Crippen LogP contribution in [0, 0.1) is 4.64 Å². The van der Waals surface area contributed by atoms with Gasteiger partial charge in [-0.1, -0.05) is 60.5 Å². The van der Waals surface area contributed by atoms with Gasteiger partial charge in [-0.05, 0) is 17.2 Å². The van der Waals surface area contributed by atoms with Gasteiger partial charge in [0.25, 0.3) is 5.91 Å². The molecule has 3 heterocycles. The molecule has 1 fully saturated rings. The summed E-state index contributed by atoms with van der Waals surface area (Å²) >= 11 is 11.7. The lowest BCUT2D eigenvalue weighted by atomic mass is 10.1. The van der Waals surface area contributed by atoms with Crippen LogP contribution in [0.25, 0.3) is 17.2 Å². The van der Waals surface area contributed by atoms with E-state index in [1.165, 1.54) is 20.9 Å². The maximum Gasteiger partial charge on any atom is 0.330 e. The number of nitrogens with zero attached hydrogens (tertiary/aromatic N) is 4. The van der Waals surface area contributed by atoms with Crippen LogP contribution in [-0.2, 0) is 25.4 Å². The SMILES string of the molecule is Cn1c(=S)c2c(ncn2Cc2ccc(/C=C3\SC(=S)NC3=O)cc2)n(C)c1=O. The maximum atomic E-state index is 12.2. The third-order valence-corrected chi connectivity index (χ3v) is 6.12. The molecule has 0 bridgehead atoms. The van der Waals surface area contributed by atoms with Crippen LogP contribution in [0.3, 0.4) is 0 Å². The minimum absolute atomic E-state index is 0.166. The smallest absolute Gasteiger partial charge is 0.322 e. The summed E-state index contributed by atoms with van der Waals surface area (Å²) in [6.07, 6.45) is 3.50. The molecule has 3 aromatic rings. The predicted molar refractivity (Wildman–Crippen MR) is 117 cm³/mol. The molecule has 0 saturated carbocycles. The van der Waals surface area contributed by atoms with Crippen molar-refractivity contribution >= 4 is 63.7 Å². The number of hydrogen-bond donors (Lipinski definition) is 1. The van der Waals surface area contributed by atoms with E-state index < -0.39 is 0 Å². The number of carbonyl (C=O) groups excluding carboxylic acids is 1. The van der Waals surface area contributed by atoms with Gasteiger partial charge < -0.3 is 9.88 Å². The van der Waals surface area contributed by atoms with Gasteiger partial charge >= 0.3 is 5.69 Å². The molecule has 0 atom stereocenters. The third-order valence-electron chi connectivity index (χ3n) is 4.49. The standard InChI is InChI=1S/C18H15N5O2S3/c1-21-14-13(16(26)22(2)18(21)25)23(9-19-14)8-11-5-3-10(4-6-11)7-12-15(24)20-17(27)28-12/h3-7,9H,8H2,1-2H3,(H,20,24,27)/b12-7-. The zero-order valence-electron chi connectivity index (χ0n) is 15.0. The summed E-state index contributed by atoms with van der Waals surface area (Å²) in [5.74, 6) is -0.166. The second-order valence-electron chi connectivity index (χ2n) is 6.34. The van der Waals surface area contributed by atoms with E-state index in [0.717, 1.165) is 16.6 Å². The molecule has 1 aromatic carbocycles. The van der Waals surface area contributed by atoms with Crippen molar-refractivity contribution in [3.8, 4) is 0 Å². The fourth-order valence-corrected chi connectivity index (χ4v) is 4.34. The highest BCUT2D eigenvalue weighted by Crippen LogP contribution is 2.26. The van der Waals surface area contributed by atoms with Crippen LogP contribution >= 0.6 is 36.2 Å². The first-order chi connectivity index (χ1) is 13.3. The number of hydrogen-bond acceptors (Lipinski definition) is 6. The molecule has 1 saturated heterocycles. The van der Waals surface area contributed by atoms with Gasteiger partial charge in [-0.3, -0.25) is 13.9 Å². The van der Waals surface area contributed by atoms with Gasteiger partial charge in [0.05, 0.1) is 11.2 Å². The second kappa shape index (κ2) is 7.12. The lowest BCUT2D eigenvalue weighted by molar-refractivity contribution is -0.115. The first kappa shape index (κ1) is 18.8. The van der Waals surface area contributed by atoms with Gasteiger partial charge in [0.1, 0.15) is 14.5 Å². The molecule has 2 aromatic heterocycles. The van der Waals surface area contributed by atoms with Crippen LogP contribution in [0.2, 0.25) is 0 Å². The largest absolute Gasteiger partial charge is 0.330 e. The predicted octanol–water partition coefficient (Wildman–Crippen LogP) is 2.34. The Kier molecular flexibility index (Phi) is 4.77. The van der Waals surface area contributed by atoms with E-state index in [1.807, 2.05) is 34.9 Å². The van der Waals surface area contributed by atoms with Crippen LogP contribution < -0.4 is 11.0 Å². The number of amides is 1. The average Bonchev–Trinajstić information content (AvgIpc) is 3.22. The maximum absolute atomic E-state index is 12.2. The Morgan fingerprint density at radius 3 is 2.50 bits per heavy atom. The van der Waals surface area contributed by atoms with Gasteiger partial charge in [0, 0.05) is 20.6 Å². The molecular weight excluding hydrogens is 414 g/mol. The van der Waals surface area contributed by atoms with Crippen LogP contribution in [0.15, 0.2) is 40.3 Å². The van der Waals surface area contributed by atoms with E-state index in [2.05, 4.69) is 10.3 Å². The number of aryl methyl sites for hydroxylation is 1. The summed E-state index contributed by atoms with van der Waals surface area (Å²) in [5, 5.41) is 2.60. The fourth-order valence-electron chi connectivity index (χ4n) is 3.01. The normalized spacial score (nSPS) is 15.6. The molecule has 28 heavy (non-hydrogen) atoms. The monoisotopic (exact) mass is 429 g/mol. The molecule has 7 nitrogen and oxygen atoms in total. The van der Waals surface area contributed by atoms with Crippen molar-refractivity contribution in [1.82, 2.24) is 24.0 Å². The molecule has 4 rings (SSSR count). The summed E-state index contributed by atoms with van der Waals surface area (Å²) in [4.78, 5) is 28.9. The molecule has 10 heteroatoms. The Balaban J connectivity index is 1.65. The van der Waals surface area contributed by atoms with E-state index in [4.69, 9.17) is 24.4 Å². The molecule has 0 radical (unpaired) electrons. The topological polar surface area (TPSA) is 73.8 Å². The first-order valence-corrected chi connectivity index (χ1v) is 9.93. The number of carbonyl (C=O) groups is 1. The Morgan fingerprint density at radius 2 is 1.86 bits per heavy atom. The van der Waals surface area contributed by atoms with Crippen molar-refractivity contribution in [2.24, 2.45) is 14.1 Å². The molecule has 1 amide bonds. The quantitative estimate of drug-likeness (QED) is 0.509. The number of thiocarbonyl (C=S) groups is 1. The number of aromatic nitrogens is 4. The van der Waals surface area contributed by atoms with Crippen molar-refractivity contribution in [3.63, 3.8) is 0 Å². The fraction of sp³-hybridized carbons (Fsp3) is 0.167. The highest BCUT2D eigenvalue weighted by Gasteiger charge is 2.21. The molecule has 0 aliphatic carbocycles. The van der Waals surface area contributed by atoms with E-state index in [9.17, 15) is 9.59 Å². The summed E-state index contributed by atoms with van der Waals surface area (Å²) < 4.78 is 5.80. The van der Waals surface area contributed by atoms with Gasteiger partial charge in [0.2, 0.25) is 0 Å². The average molecular weight is 430 g/mol. The van der Waals surface area contributed by atoms with Crippen molar-refractivity contribution in [2.75, 3.05) is 0 Å². The van der Waals surface area contributed by atoms with E-state index in [-0.39, 0.29) is 11.6 Å². The minimum Gasteiger partial charge on any atom is -0.322 e. The van der Waals surface area contributed by atoms with Crippen molar-refractivity contribution in [1.29, 1.82) is 0 Å². The van der Waals surface area contributed by atoms with Gasteiger partial charge in [-0.15, -0.1) is 0 Å². The number of benzene rings is 1. The summed E-state index contributed by atoms with van der Waals surface area (Å²) in [6.45, 7) is 0.564. The first-order valence-electron chi connectivity index (χ1n) is 8.30. The van der Waals surface area contributed by atoms with Crippen LogP contribution in [-0.4, -0.2) is 28.9 Å². The van der Waals surface area contributed by atoms with E-state index >= 15 is 0 Å². The Labute approximate surface area is 174 Å². The summed E-state index contributed by atoms with van der Waals surface area (Å²) in [7, 11) is 3.34. The van der Waals surface area contributed by atoms with Crippen molar-refractivity contribution in [2.45, 2.75) is 6.54 Å².